The molecule has 0 radical (unpaired) electrons. The quantitative estimate of drug-likeness (QED) is 0.248. The van der Waals surface area contributed by atoms with Gasteiger partial charge in [-0.25, -0.2) is 13.6 Å². The first kappa shape index (κ1) is 25.7. The minimum absolute atomic E-state index is 0.00832. The van der Waals surface area contributed by atoms with Crippen LogP contribution >= 0.6 is 24.0 Å². The van der Waals surface area contributed by atoms with Gasteiger partial charge in [0.1, 0.15) is 0 Å². The number of primary sulfonamides is 1. The van der Waals surface area contributed by atoms with Crippen LogP contribution in [-0.2, 0) is 14.8 Å². The Morgan fingerprint density at radius 3 is 2.15 bits per heavy atom. The maximum Gasteiger partial charge on any atom is 0.238 e. The summed E-state index contributed by atoms with van der Waals surface area (Å²) in [5.74, 6) is -0.175. The summed E-state index contributed by atoms with van der Waals surface area (Å²) in [6.45, 7) is 3.96. The third-order valence-corrected chi connectivity index (χ3v) is 7.28. The van der Waals surface area contributed by atoms with E-state index in [0.717, 1.165) is 16.3 Å². The van der Waals surface area contributed by atoms with Gasteiger partial charge in [-0.05, 0) is 80.2 Å². The van der Waals surface area contributed by atoms with Crippen LogP contribution in [0.1, 0.15) is 18.9 Å². The van der Waals surface area contributed by atoms with E-state index in [4.69, 9.17) is 17.4 Å². The zero-order valence-corrected chi connectivity index (χ0v) is 21.2. The molecular weight excluding hydrogens is 488 g/mol. The number of nitrogens with one attached hydrogen (secondary N) is 3. The molecule has 3 aromatic rings. The number of aryl methyl sites for hydroxylation is 1. The molecule has 3 aromatic carbocycles. The molecule has 1 atom stereocenters. The molecule has 0 spiro atoms. The van der Waals surface area contributed by atoms with Gasteiger partial charge >= 0.3 is 0 Å². The van der Waals surface area contributed by atoms with Crippen molar-refractivity contribution in [2.45, 2.75) is 35.3 Å². The molecule has 0 aromatic heterocycles. The second kappa shape index (κ2) is 11.5. The Labute approximate surface area is 209 Å². The molecule has 1 amide bonds. The van der Waals surface area contributed by atoms with E-state index in [1.165, 1.54) is 41.6 Å². The van der Waals surface area contributed by atoms with Crippen molar-refractivity contribution in [1.29, 1.82) is 0 Å². The van der Waals surface area contributed by atoms with Crippen LogP contribution in [0.3, 0.4) is 0 Å². The fourth-order valence-corrected chi connectivity index (χ4v) is 4.78. The highest BCUT2D eigenvalue weighted by Gasteiger charge is 2.19. The first-order chi connectivity index (χ1) is 16.1. The van der Waals surface area contributed by atoms with Crippen LogP contribution in [0.15, 0.2) is 82.6 Å². The number of sulfonamides is 1. The Kier molecular flexibility index (Phi) is 8.67. The van der Waals surface area contributed by atoms with Gasteiger partial charge in [-0.1, -0.05) is 30.7 Å². The number of amides is 1. The molecule has 7 nitrogen and oxygen atoms in total. The van der Waals surface area contributed by atoms with Gasteiger partial charge in [0, 0.05) is 22.0 Å². The molecule has 10 heteroatoms. The zero-order chi connectivity index (χ0) is 24.7. The van der Waals surface area contributed by atoms with Gasteiger partial charge in [0.05, 0.1) is 10.1 Å². The average molecular weight is 515 g/mol. The highest BCUT2D eigenvalue weighted by molar-refractivity contribution is 8.00. The number of nitrogens with two attached hydrogens (primary N) is 1. The van der Waals surface area contributed by atoms with E-state index >= 15 is 0 Å². The van der Waals surface area contributed by atoms with Crippen LogP contribution in [0.2, 0.25) is 0 Å². The lowest BCUT2D eigenvalue weighted by atomic mass is 10.2. The van der Waals surface area contributed by atoms with E-state index in [0.29, 0.717) is 17.2 Å². The number of benzene rings is 3. The lowest BCUT2D eigenvalue weighted by Gasteiger charge is -2.16. The Morgan fingerprint density at radius 2 is 1.53 bits per heavy atom. The molecule has 34 heavy (non-hydrogen) atoms. The summed E-state index contributed by atoms with van der Waals surface area (Å²) in [6.07, 6.45) is 0.608. The van der Waals surface area contributed by atoms with Crippen LogP contribution in [-0.4, -0.2) is 24.7 Å². The first-order valence-electron chi connectivity index (χ1n) is 10.5. The van der Waals surface area contributed by atoms with Crippen molar-refractivity contribution in [2.75, 3.05) is 16.0 Å². The fourth-order valence-electron chi connectivity index (χ4n) is 3.01. The van der Waals surface area contributed by atoms with Gasteiger partial charge in [0.15, 0.2) is 5.11 Å². The number of carbonyl (C=O) groups is 1. The molecule has 0 heterocycles. The van der Waals surface area contributed by atoms with Crippen molar-refractivity contribution in [3.05, 3.63) is 78.4 Å². The van der Waals surface area contributed by atoms with Crippen molar-refractivity contribution in [1.82, 2.24) is 0 Å². The predicted octanol–water partition coefficient (Wildman–Crippen LogP) is 4.96. The van der Waals surface area contributed by atoms with Gasteiger partial charge in [0.25, 0.3) is 0 Å². The van der Waals surface area contributed by atoms with E-state index in [1.54, 1.807) is 0 Å². The second-order valence-electron chi connectivity index (χ2n) is 7.55. The molecule has 178 valence electrons. The minimum atomic E-state index is -3.78. The normalized spacial score (nSPS) is 12.0. The van der Waals surface area contributed by atoms with Gasteiger partial charge in [0.2, 0.25) is 15.9 Å². The smallest absolute Gasteiger partial charge is 0.238 e. The van der Waals surface area contributed by atoms with Crippen molar-refractivity contribution in [2.24, 2.45) is 5.14 Å². The molecule has 3 rings (SSSR count). The van der Waals surface area contributed by atoms with Crippen LogP contribution < -0.4 is 21.1 Å². The van der Waals surface area contributed by atoms with E-state index < -0.39 is 10.0 Å². The highest BCUT2D eigenvalue weighted by Crippen LogP contribution is 2.29. The maximum absolute atomic E-state index is 12.8. The first-order valence-corrected chi connectivity index (χ1v) is 13.3. The molecule has 0 saturated carbocycles. The van der Waals surface area contributed by atoms with Crippen molar-refractivity contribution >= 4 is 62.1 Å². The third-order valence-electron chi connectivity index (χ3n) is 4.79. The number of carbonyl (C=O) groups excluding carboxylic acids is 1. The summed E-state index contributed by atoms with van der Waals surface area (Å²) in [7, 11) is -3.78. The number of anilines is 3. The summed E-state index contributed by atoms with van der Waals surface area (Å²) >= 11 is 6.85. The molecule has 0 aliphatic carbocycles. The van der Waals surface area contributed by atoms with Gasteiger partial charge in [-0.15, -0.1) is 11.8 Å². The van der Waals surface area contributed by atoms with Gasteiger partial charge < -0.3 is 16.0 Å². The molecule has 0 bridgehead atoms. The molecule has 0 aliphatic heterocycles. The summed E-state index contributed by atoms with van der Waals surface area (Å²) in [5, 5.41) is 14.4. The third kappa shape index (κ3) is 7.56. The molecule has 0 fully saturated rings. The fraction of sp³-hybridized carbons (Fsp3) is 0.167. The maximum atomic E-state index is 12.8. The Balaban J connectivity index is 1.61. The largest absolute Gasteiger partial charge is 0.332 e. The zero-order valence-electron chi connectivity index (χ0n) is 18.7. The predicted molar refractivity (Wildman–Crippen MR) is 144 cm³/mol. The SMILES string of the molecule is CCC(Sc1cccc(NC(=S)Nc2ccc(C)cc2)c1)C(=O)Nc1ccc(S(N)(=O)=O)cc1. The van der Waals surface area contributed by atoms with Crippen molar-refractivity contribution < 1.29 is 13.2 Å². The van der Waals surface area contributed by atoms with Crippen molar-refractivity contribution in [3.8, 4) is 0 Å². The Morgan fingerprint density at radius 1 is 0.941 bits per heavy atom. The number of thioether (sulfide) groups is 1. The molecule has 1 unspecified atom stereocenters. The number of hydrogen-bond acceptors (Lipinski definition) is 5. The van der Waals surface area contributed by atoms with Crippen LogP contribution in [0.25, 0.3) is 0 Å². The lowest BCUT2D eigenvalue weighted by Crippen LogP contribution is -2.24. The standard InChI is InChI=1S/C24H26N4O3S3/c1-3-22(23(29)26-17-11-13-21(14-12-17)34(25,30)31)33-20-6-4-5-19(15-20)28-24(32)27-18-9-7-16(2)8-10-18/h4-15,22H,3H2,1-2H3,(H,26,29)(H2,25,30,31)(H2,27,28,32). The van der Waals surface area contributed by atoms with Crippen molar-refractivity contribution in [3.63, 3.8) is 0 Å². The number of hydrogen-bond donors (Lipinski definition) is 4. The van der Waals surface area contributed by atoms with Crippen LogP contribution in [0.5, 0.6) is 0 Å². The van der Waals surface area contributed by atoms with E-state index in [1.807, 2.05) is 62.4 Å². The average Bonchev–Trinajstić information content (AvgIpc) is 2.79. The molecule has 0 saturated heterocycles. The minimum Gasteiger partial charge on any atom is -0.332 e. The topological polar surface area (TPSA) is 113 Å². The van der Waals surface area contributed by atoms with Gasteiger partial charge in [-0.3, -0.25) is 4.79 Å². The van der Waals surface area contributed by atoms with E-state index in [2.05, 4.69) is 16.0 Å². The molecule has 5 N–H and O–H groups in total. The second-order valence-corrected chi connectivity index (χ2v) is 10.8. The van der Waals surface area contributed by atoms with Crippen LogP contribution in [0.4, 0.5) is 17.1 Å². The summed E-state index contributed by atoms with van der Waals surface area (Å²) in [4.78, 5) is 13.7. The number of rotatable bonds is 8. The Hall–Kier alpha value is -2.92. The monoisotopic (exact) mass is 514 g/mol. The summed E-state index contributed by atoms with van der Waals surface area (Å²) in [6, 6.07) is 21.4. The van der Waals surface area contributed by atoms with Gasteiger partial charge in [-0.2, -0.15) is 0 Å². The summed E-state index contributed by atoms with van der Waals surface area (Å²) < 4.78 is 22.8. The molecular formula is C24H26N4O3S3. The Bertz CT molecular complexity index is 1260. The summed E-state index contributed by atoms with van der Waals surface area (Å²) in [5.41, 5.74) is 3.38. The number of thiocarbonyl (C=S) groups is 1. The highest BCUT2D eigenvalue weighted by atomic mass is 32.2. The van der Waals surface area contributed by atoms with E-state index in [9.17, 15) is 13.2 Å². The van der Waals surface area contributed by atoms with Crippen LogP contribution in [0, 0.1) is 6.92 Å². The lowest BCUT2D eigenvalue weighted by molar-refractivity contribution is -0.115. The van der Waals surface area contributed by atoms with E-state index in [-0.39, 0.29) is 16.1 Å². The molecule has 0 aliphatic rings.